The number of hydrogen-bond donors (Lipinski definition) is 1. The molecule has 0 fully saturated rings. The number of hydrogen-bond acceptors (Lipinski definition) is 6. The minimum Gasteiger partial charge on any atom is -0.483 e. The normalized spacial score (nSPS) is 11.0. The largest absolute Gasteiger partial charge is 0.483 e. The van der Waals surface area contributed by atoms with Crippen molar-refractivity contribution in [1.29, 1.82) is 0 Å². The molecule has 0 bridgehead atoms. The van der Waals surface area contributed by atoms with Gasteiger partial charge in [0.2, 0.25) is 0 Å². The Morgan fingerprint density at radius 1 is 1.21 bits per heavy atom. The van der Waals surface area contributed by atoms with Gasteiger partial charge in [-0.1, -0.05) is 6.07 Å². The molecule has 2 rings (SSSR count). The summed E-state index contributed by atoms with van der Waals surface area (Å²) in [6, 6.07) is 8.39. The number of nitrogens with one attached hydrogen (secondary N) is 1. The quantitative estimate of drug-likeness (QED) is 0.556. The molecule has 2 aromatic rings. The van der Waals surface area contributed by atoms with Crippen molar-refractivity contribution in [1.82, 2.24) is 4.90 Å². The summed E-state index contributed by atoms with van der Waals surface area (Å²) in [7, 11) is -0.752. The Kier molecular flexibility index (Phi) is 6.24. The second-order valence-electron chi connectivity index (χ2n) is 6.32. The number of carbonyl (C=O) groups is 1. The summed E-state index contributed by atoms with van der Waals surface area (Å²) in [5.74, 6) is 0.166. The number of nitro groups is 1. The van der Waals surface area contributed by atoms with E-state index >= 15 is 0 Å². The Morgan fingerprint density at radius 3 is 2.46 bits per heavy atom. The molecule has 0 aliphatic carbocycles. The summed E-state index contributed by atoms with van der Waals surface area (Å²) < 4.78 is 33.1. The van der Waals surface area contributed by atoms with E-state index in [4.69, 9.17) is 4.74 Å². The highest BCUT2D eigenvalue weighted by Crippen LogP contribution is 2.28. The SMILES string of the molecule is Cc1cc(S(=O)(=O)Nc2cccc([N+](=O)[O-])c2C)ccc1OCC(=O)N(C)C. The molecule has 10 heteroatoms. The molecule has 0 atom stereocenters. The number of amides is 1. The standard InChI is InChI=1S/C18H21N3O6S/c1-12-10-14(8-9-17(12)27-11-18(22)20(3)4)28(25,26)19-15-6-5-7-16(13(15)2)21(23)24/h5-10,19H,11H2,1-4H3. The molecular weight excluding hydrogens is 386 g/mol. The average Bonchev–Trinajstić information content (AvgIpc) is 2.61. The van der Waals surface area contributed by atoms with Gasteiger partial charge in [-0.05, 0) is 43.7 Å². The summed E-state index contributed by atoms with van der Waals surface area (Å²) >= 11 is 0. The molecular formula is C18H21N3O6S. The summed E-state index contributed by atoms with van der Waals surface area (Å²) in [5.41, 5.74) is 0.703. The maximum absolute atomic E-state index is 12.7. The van der Waals surface area contributed by atoms with Gasteiger partial charge in [0.25, 0.3) is 21.6 Å². The van der Waals surface area contributed by atoms with Crippen LogP contribution in [0.1, 0.15) is 11.1 Å². The molecule has 9 nitrogen and oxygen atoms in total. The molecule has 0 saturated heterocycles. The Hall–Kier alpha value is -3.14. The van der Waals surface area contributed by atoms with Crippen molar-refractivity contribution in [3.05, 3.63) is 57.6 Å². The molecule has 0 spiro atoms. The predicted molar refractivity (Wildman–Crippen MR) is 104 cm³/mol. The van der Waals surface area contributed by atoms with Crippen LogP contribution in [-0.2, 0) is 14.8 Å². The van der Waals surface area contributed by atoms with Gasteiger partial charge in [-0.15, -0.1) is 0 Å². The molecule has 0 aliphatic rings. The number of nitrogens with zero attached hydrogens (tertiary/aromatic N) is 2. The number of nitro benzene ring substituents is 1. The molecule has 0 unspecified atom stereocenters. The number of likely N-dealkylation sites (N-methyl/N-ethyl adjacent to an activating group) is 1. The highest BCUT2D eigenvalue weighted by atomic mass is 32.2. The van der Waals surface area contributed by atoms with Crippen molar-refractivity contribution in [2.75, 3.05) is 25.4 Å². The maximum atomic E-state index is 12.7. The summed E-state index contributed by atoms with van der Waals surface area (Å²) in [6.07, 6.45) is 0. The average molecular weight is 407 g/mol. The lowest BCUT2D eigenvalue weighted by molar-refractivity contribution is -0.385. The zero-order valence-corrected chi connectivity index (χ0v) is 16.7. The first kappa shape index (κ1) is 21.2. The third-order valence-electron chi connectivity index (χ3n) is 4.05. The van der Waals surface area contributed by atoms with E-state index in [0.29, 0.717) is 11.3 Å². The Morgan fingerprint density at radius 2 is 1.89 bits per heavy atom. The zero-order valence-electron chi connectivity index (χ0n) is 15.9. The van der Waals surface area contributed by atoms with Crippen LogP contribution in [-0.4, -0.2) is 44.9 Å². The van der Waals surface area contributed by atoms with Crippen LogP contribution in [0, 0.1) is 24.0 Å². The summed E-state index contributed by atoms with van der Waals surface area (Å²) in [5, 5.41) is 11.0. The van der Waals surface area contributed by atoms with Gasteiger partial charge in [0.15, 0.2) is 6.61 Å². The van der Waals surface area contributed by atoms with Crippen molar-refractivity contribution in [2.24, 2.45) is 0 Å². The maximum Gasteiger partial charge on any atom is 0.274 e. The minimum atomic E-state index is -3.97. The number of carbonyl (C=O) groups excluding carboxylic acids is 1. The topological polar surface area (TPSA) is 119 Å². The van der Waals surface area contributed by atoms with E-state index in [2.05, 4.69) is 4.72 Å². The smallest absolute Gasteiger partial charge is 0.274 e. The van der Waals surface area contributed by atoms with Crippen LogP contribution in [0.2, 0.25) is 0 Å². The van der Waals surface area contributed by atoms with Crippen LogP contribution in [0.4, 0.5) is 11.4 Å². The number of rotatable bonds is 7. The van der Waals surface area contributed by atoms with Crippen LogP contribution in [0.5, 0.6) is 5.75 Å². The first-order valence-electron chi connectivity index (χ1n) is 8.23. The third kappa shape index (κ3) is 4.77. The molecule has 0 radical (unpaired) electrons. The van der Waals surface area contributed by atoms with E-state index in [1.54, 1.807) is 21.0 Å². The van der Waals surface area contributed by atoms with Crippen molar-refractivity contribution in [2.45, 2.75) is 18.7 Å². The fourth-order valence-electron chi connectivity index (χ4n) is 2.36. The van der Waals surface area contributed by atoms with E-state index in [1.165, 1.54) is 48.2 Å². The van der Waals surface area contributed by atoms with Crippen LogP contribution in [0.25, 0.3) is 0 Å². The van der Waals surface area contributed by atoms with Gasteiger partial charge in [-0.2, -0.15) is 0 Å². The lowest BCUT2D eigenvalue weighted by atomic mass is 10.2. The van der Waals surface area contributed by atoms with Gasteiger partial charge in [0, 0.05) is 20.2 Å². The molecule has 1 amide bonds. The molecule has 28 heavy (non-hydrogen) atoms. The molecule has 0 aliphatic heterocycles. The Bertz CT molecular complexity index is 1020. The lowest BCUT2D eigenvalue weighted by Crippen LogP contribution is -2.27. The number of aryl methyl sites for hydroxylation is 1. The summed E-state index contributed by atoms with van der Waals surface area (Å²) in [6.45, 7) is 2.97. The number of ether oxygens (including phenoxy) is 1. The van der Waals surface area contributed by atoms with Gasteiger partial charge in [0.05, 0.1) is 21.1 Å². The fraction of sp³-hybridized carbons (Fsp3) is 0.278. The van der Waals surface area contributed by atoms with E-state index < -0.39 is 14.9 Å². The third-order valence-corrected chi connectivity index (χ3v) is 5.42. The Balaban J connectivity index is 2.25. The van der Waals surface area contributed by atoms with Crippen LogP contribution < -0.4 is 9.46 Å². The fourth-order valence-corrected chi connectivity index (χ4v) is 3.56. The van der Waals surface area contributed by atoms with Crippen LogP contribution >= 0.6 is 0 Å². The first-order chi connectivity index (χ1) is 13.0. The van der Waals surface area contributed by atoms with E-state index in [0.717, 1.165) is 0 Å². The molecule has 150 valence electrons. The molecule has 2 aromatic carbocycles. The van der Waals surface area contributed by atoms with Gasteiger partial charge >= 0.3 is 0 Å². The second-order valence-corrected chi connectivity index (χ2v) is 8.00. The van der Waals surface area contributed by atoms with Crippen molar-refractivity contribution in [3.63, 3.8) is 0 Å². The highest BCUT2D eigenvalue weighted by Gasteiger charge is 2.20. The molecule has 1 N–H and O–H groups in total. The monoisotopic (exact) mass is 407 g/mol. The molecule has 0 aromatic heterocycles. The van der Waals surface area contributed by atoms with Crippen LogP contribution in [0.15, 0.2) is 41.3 Å². The van der Waals surface area contributed by atoms with Gasteiger partial charge in [-0.3, -0.25) is 19.6 Å². The van der Waals surface area contributed by atoms with Gasteiger partial charge < -0.3 is 9.64 Å². The second kappa shape index (κ2) is 8.26. The number of benzene rings is 2. The minimum absolute atomic E-state index is 0.0257. The van der Waals surface area contributed by atoms with E-state index in [9.17, 15) is 23.3 Å². The van der Waals surface area contributed by atoms with E-state index in [-0.39, 0.29) is 34.3 Å². The van der Waals surface area contributed by atoms with Crippen LogP contribution in [0.3, 0.4) is 0 Å². The van der Waals surface area contributed by atoms with E-state index in [1.807, 2.05) is 0 Å². The molecule has 0 saturated carbocycles. The van der Waals surface area contributed by atoms with Crippen molar-refractivity contribution >= 4 is 27.3 Å². The Labute approximate surface area is 163 Å². The lowest BCUT2D eigenvalue weighted by Gasteiger charge is -2.14. The zero-order chi connectivity index (χ0) is 21.1. The summed E-state index contributed by atoms with van der Waals surface area (Å²) in [4.78, 5) is 23.4. The van der Waals surface area contributed by atoms with Gasteiger partial charge in [-0.25, -0.2) is 8.42 Å². The van der Waals surface area contributed by atoms with Crippen molar-refractivity contribution in [3.8, 4) is 5.75 Å². The first-order valence-corrected chi connectivity index (χ1v) is 9.71. The number of anilines is 1. The number of sulfonamides is 1. The predicted octanol–water partition coefficient (Wildman–Crippen LogP) is 2.48. The van der Waals surface area contributed by atoms with Crippen molar-refractivity contribution < 1.29 is 22.9 Å². The highest BCUT2D eigenvalue weighted by molar-refractivity contribution is 7.92. The molecule has 0 heterocycles. The van der Waals surface area contributed by atoms with Gasteiger partial charge in [0.1, 0.15) is 5.75 Å².